The van der Waals surface area contributed by atoms with Crippen LogP contribution in [0.15, 0.2) is 0 Å². The van der Waals surface area contributed by atoms with E-state index in [0.29, 0.717) is 19.6 Å². The number of sulfonamides is 1. The Morgan fingerprint density at radius 1 is 1.16 bits per heavy atom. The molecule has 2 aliphatic rings. The normalized spacial score (nSPS) is 23.8. The smallest absolute Gasteiger partial charge is 0.237 e. The summed E-state index contributed by atoms with van der Waals surface area (Å²) in [6.07, 6.45) is 0. The molecule has 8 heteroatoms. The molecule has 2 heterocycles. The van der Waals surface area contributed by atoms with Gasteiger partial charge in [-0.2, -0.15) is 4.31 Å². The maximum Gasteiger partial charge on any atom is 0.237 e. The monoisotopic (exact) mass is 290 g/mol. The highest BCUT2D eigenvalue weighted by Gasteiger charge is 2.30. The van der Waals surface area contributed by atoms with Gasteiger partial charge in [-0.15, -0.1) is 0 Å². The molecule has 0 spiro atoms. The highest BCUT2D eigenvalue weighted by molar-refractivity contribution is 7.89. The summed E-state index contributed by atoms with van der Waals surface area (Å²) in [5, 5.41) is 3.23. The number of nitrogens with one attached hydrogen (secondary N) is 1. The molecule has 7 nitrogen and oxygen atoms in total. The second kappa shape index (κ2) is 6.17. The van der Waals surface area contributed by atoms with E-state index in [0.717, 1.165) is 26.2 Å². The van der Waals surface area contributed by atoms with E-state index in [4.69, 9.17) is 0 Å². The van der Waals surface area contributed by atoms with Crippen LogP contribution in [0, 0.1) is 0 Å². The van der Waals surface area contributed by atoms with E-state index in [2.05, 4.69) is 10.2 Å². The van der Waals surface area contributed by atoms with Crippen LogP contribution in [-0.4, -0.2) is 93.6 Å². The van der Waals surface area contributed by atoms with E-state index in [1.807, 2.05) is 0 Å². The molecule has 0 bridgehead atoms. The van der Waals surface area contributed by atoms with Crippen molar-refractivity contribution in [3.8, 4) is 0 Å². The average Bonchev–Trinajstić information content (AvgIpc) is 2.41. The number of rotatable bonds is 4. The van der Waals surface area contributed by atoms with Crippen LogP contribution < -0.4 is 5.32 Å². The first-order chi connectivity index (χ1) is 8.99. The average molecular weight is 290 g/mol. The maximum absolute atomic E-state index is 12.2. The van der Waals surface area contributed by atoms with E-state index in [-0.39, 0.29) is 18.2 Å². The number of amides is 1. The maximum atomic E-state index is 12.2. The van der Waals surface area contributed by atoms with Gasteiger partial charge in [-0.3, -0.25) is 9.69 Å². The fraction of sp³-hybridized carbons (Fsp3) is 0.909. The Morgan fingerprint density at radius 2 is 1.84 bits per heavy atom. The molecule has 0 aliphatic carbocycles. The predicted octanol–water partition coefficient (Wildman–Crippen LogP) is -2.00. The van der Waals surface area contributed by atoms with E-state index in [1.54, 1.807) is 11.9 Å². The Kier molecular flexibility index (Phi) is 4.77. The fourth-order valence-corrected chi connectivity index (χ4v) is 3.70. The van der Waals surface area contributed by atoms with Gasteiger partial charge in [-0.05, 0) is 0 Å². The van der Waals surface area contributed by atoms with Gasteiger partial charge in [-0.25, -0.2) is 8.42 Å². The fourth-order valence-electron chi connectivity index (χ4n) is 2.28. The van der Waals surface area contributed by atoms with Crippen LogP contribution in [-0.2, 0) is 14.8 Å². The van der Waals surface area contributed by atoms with Gasteiger partial charge < -0.3 is 10.2 Å². The number of nitrogens with zero attached hydrogens (tertiary/aromatic N) is 3. The lowest BCUT2D eigenvalue weighted by Crippen LogP contribution is -2.52. The molecule has 110 valence electrons. The predicted molar refractivity (Wildman–Crippen MR) is 72.3 cm³/mol. The molecule has 0 saturated carbocycles. The van der Waals surface area contributed by atoms with Crippen molar-refractivity contribution >= 4 is 15.9 Å². The van der Waals surface area contributed by atoms with Crippen LogP contribution >= 0.6 is 0 Å². The zero-order valence-corrected chi connectivity index (χ0v) is 12.2. The Labute approximate surface area is 114 Å². The molecule has 2 saturated heterocycles. The minimum absolute atomic E-state index is 0.0135. The number of hydrogen-bond donors (Lipinski definition) is 1. The molecular formula is C11H22N4O3S. The summed E-state index contributed by atoms with van der Waals surface area (Å²) in [5.41, 5.74) is 0. The van der Waals surface area contributed by atoms with Gasteiger partial charge >= 0.3 is 0 Å². The van der Waals surface area contributed by atoms with Crippen molar-refractivity contribution < 1.29 is 13.2 Å². The van der Waals surface area contributed by atoms with Crippen LogP contribution in [0.2, 0.25) is 0 Å². The Hall–Kier alpha value is -0.700. The van der Waals surface area contributed by atoms with Gasteiger partial charge in [0.1, 0.15) is 0 Å². The third kappa shape index (κ3) is 3.88. The molecule has 0 aromatic rings. The molecule has 0 unspecified atom stereocenters. The summed E-state index contributed by atoms with van der Waals surface area (Å²) in [5.74, 6) is -0.0266. The summed E-state index contributed by atoms with van der Waals surface area (Å²) in [7, 11) is -1.61. The molecule has 2 rings (SSSR count). The SMILES string of the molecule is CN1CCN(S(=O)(=O)CCN2CCNCC2)CC1=O. The van der Waals surface area contributed by atoms with Crippen LogP contribution in [0.3, 0.4) is 0 Å². The van der Waals surface area contributed by atoms with Crippen molar-refractivity contribution in [1.82, 2.24) is 19.4 Å². The lowest BCUT2D eigenvalue weighted by Gasteiger charge is -2.32. The first-order valence-electron chi connectivity index (χ1n) is 6.64. The number of likely N-dealkylation sites (N-methyl/N-ethyl adjacent to an activating group) is 1. The van der Waals surface area contributed by atoms with E-state index in [1.165, 1.54) is 4.31 Å². The van der Waals surface area contributed by atoms with Crippen LogP contribution in [0.4, 0.5) is 0 Å². The first kappa shape index (κ1) is 14.7. The molecule has 0 aromatic carbocycles. The summed E-state index contributed by atoms with van der Waals surface area (Å²) >= 11 is 0. The van der Waals surface area contributed by atoms with Crippen LogP contribution in [0.1, 0.15) is 0 Å². The van der Waals surface area contributed by atoms with Crippen molar-refractivity contribution in [2.24, 2.45) is 0 Å². The van der Waals surface area contributed by atoms with E-state index < -0.39 is 10.0 Å². The summed E-state index contributed by atoms with van der Waals surface area (Å²) in [6.45, 7) is 5.01. The number of carbonyl (C=O) groups excluding carboxylic acids is 1. The number of piperazine rings is 2. The molecule has 0 aromatic heterocycles. The highest BCUT2D eigenvalue weighted by Crippen LogP contribution is 2.08. The molecular weight excluding hydrogens is 268 g/mol. The molecule has 0 radical (unpaired) electrons. The van der Waals surface area contributed by atoms with Gasteiger partial charge in [-0.1, -0.05) is 0 Å². The van der Waals surface area contributed by atoms with Crippen molar-refractivity contribution in [3.63, 3.8) is 0 Å². The third-order valence-electron chi connectivity index (χ3n) is 3.69. The summed E-state index contributed by atoms with van der Waals surface area (Å²) in [4.78, 5) is 15.3. The zero-order valence-electron chi connectivity index (χ0n) is 11.3. The van der Waals surface area contributed by atoms with E-state index in [9.17, 15) is 13.2 Å². The van der Waals surface area contributed by atoms with Crippen molar-refractivity contribution in [3.05, 3.63) is 0 Å². The van der Waals surface area contributed by atoms with Crippen molar-refractivity contribution in [1.29, 1.82) is 0 Å². The third-order valence-corrected chi connectivity index (χ3v) is 5.49. The van der Waals surface area contributed by atoms with Gasteiger partial charge in [0.15, 0.2) is 0 Å². The quantitative estimate of drug-likeness (QED) is 0.648. The topological polar surface area (TPSA) is 73.0 Å². The lowest BCUT2D eigenvalue weighted by atomic mass is 10.4. The second-order valence-electron chi connectivity index (χ2n) is 5.06. The standard InChI is InChI=1S/C11H22N4O3S/c1-13-6-7-15(10-11(13)16)19(17,18)9-8-14-4-2-12-3-5-14/h12H,2-10H2,1H3. The van der Waals surface area contributed by atoms with Crippen molar-refractivity contribution in [2.75, 3.05) is 65.2 Å². The van der Waals surface area contributed by atoms with Gasteiger partial charge in [0.05, 0.1) is 12.3 Å². The lowest BCUT2D eigenvalue weighted by molar-refractivity contribution is -0.132. The van der Waals surface area contributed by atoms with Crippen LogP contribution in [0.25, 0.3) is 0 Å². The van der Waals surface area contributed by atoms with Crippen LogP contribution in [0.5, 0.6) is 0 Å². The Balaban J connectivity index is 1.85. The summed E-state index contributed by atoms with van der Waals surface area (Å²) in [6, 6.07) is 0. The Morgan fingerprint density at radius 3 is 2.47 bits per heavy atom. The molecule has 1 amide bonds. The molecule has 2 aliphatic heterocycles. The highest BCUT2D eigenvalue weighted by atomic mass is 32.2. The van der Waals surface area contributed by atoms with Gasteiger partial charge in [0.2, 0.25) is 15.9 Å². The molecule has 19 heavy (non-hydrogen) atoms. The molecule has 0 atom stereocenters. The molecule has 1 N–H and O–H groups in total. The molecule has 2 fully saturated rings. The minimum atomic E-state index is -3.32. The van der Waals surface area contributed by atoms with Gasteiger partial charge in [0, 0.05) is 52.9 Å². The van der Waals surface area contributed by atoms with Crippen molar-refractivity contribution in [2.45, 2.75) is 0 Å². The van der Waals surface area contributed by atoms with Gasteiger partial charge in [0.25, 0.3) is 0 Å². The first-order valence-corrected chi connectivity index (χ1v) is 8.25. The Bertz CT molecular complexity index is 420. The largest absolute Gasteiger partial charge is 0.343 e. The summed E-state index contributed by atoms with van der Waals surface area (Å²) < 4.78 is 25.7. The second-order valence-corrected chi connectivity index (χ2v) is 7.14. The van der Waals surface area contributed by atoms with E-state index >= 15 is 0 Å². The zero-order chi connectivity index (χ0) is 13.9. The number of hydrogen-bond acceptors (Lipinski definition) is 5. The minimum Gasteiger partial charge on any atom is -0.343 e. The number of carbonyl (C=O) groups is 1.